The Hall–Kier alpha value is -2.80. The molecule has 0 aliphatic rings. The first-order chi connectivity index (χ1) is 14.0. The van der Waals surface area contributed by atoms with Crippen molar-refractivity contribution in [3.05, 3.63) is 58.9 Å². The van der Waals surface area contributed by atoms with Crippen LogP contribution < -0.4 is 15.6 Å². The zero-order valence-electron chi connectivity index (χ0n) is 16.8. The lowest BCUT2D eigenvalue weighted by atomic mass is 10.1. The Morgan fingerprint density at radius 1 is 1.17 bits per heavy atom. The van der Waals surface area contributed by atoms with Gasteiger partial charge in [-0.1, -0.05) is 49.9 Å². The lowest BCUT2D eigenvalue weighted by Crippen LogP contribution is -2.25. The topological polar surface area (TPSA) is 73.2 Å². The monoisotopic (exact) mass is 411 g/mol. The van der Waals surface area contributed by atoms with Crippen LogP contribution in [-0.4, -0.2) is 28.3 Å². The van der Waals surface area contributed by atoms with Gasteiger partial charge in [0.2, 0.25) is 5.91 Å². The standard InChI is InChI=1S/C22H25N3O3S/c1-15(2)12-13-25-21(27)16-8-4-5-9-17(16)24-22(25)29-14-20(26)23-18-10-6-7-11-19(18)28-3/h4-11,15H,12-14H2,1-3H3,(H,23,26). The third kappa shape index (κ3) is 5.17. The summed E-state index contributed by atoms with van der Waals surface area (Å²) < 4.78 is 6.95. The summed E-state index contributed by atoms with van der Waals surface area (Å²) in [5, 5.41) is 4.01. The second kappa shape index (κ2) is 9.60. The molecule has 29 heavy (non-hydrogen) atoms. The first-order valence-electron chi connectivity index (χ1n) is 9.55. The van der Waals surface area contributed by atoms with E-state index in [0.717, 1.165) is 6.42 Å². The van der Waals surface area contributed by atoms with E-state index in [9.17, 15) is 9.59 Å². The zero-order chi connectivity index (χ0) is 20.8. The molecule has 0 fully saturated rings. The molecule has 1 heterocycles. The minimum absolute atomic E-state index is 0.0658. The zero-order valence-corrected chi connectivity index (χ0v) is 17.7. The summed E-state index contributed by atoms with van der Waals surface area (Å²) in [5.74, 6) is 1.02. The van der Waals surface area contributed by atoms with Crippen molar-refractivity contribution in [2.75, 3.05) is 18.2 Å². The molecule has 0 saturated carbocycles. The van der Waals surface area contributed by atoms with E-state index in [-0.39, 0.29) is 17.2 Å². The summed E-state index contributed by atoms with van der Waals surface area (Å²) in [6.45, 7) is 4.81. The number of fused-ring (bicyclic) bond motifs is 1. The van der Waals surface area contributed by atoms with Gasteiger partial charge < -0.3 is 10.1 Å². The van der Waals surface area contributed by atoms with Gasteiger partial charge in [-0.2, -0.15) is 0 Å². The summed E-state index contributed by atoms with van der Waals surface area (Å²) in [7, 11) is 1.56. The van der Waals surface area contributed by atoms with E-state index in [4.69, 9.17) is 4.74 Å². The van der Waals surface area contributed by atoms with Crippen LogP contribution in [0.3, 0.4) is 0 Å². The van der Waals surface area contributed by atoms with Gasteiger partial charge in [0.25, 0.3) is 5.56 Å². The first-order valence-corrected chi connectivity index (χ1v) is 10.5. The molecule has 0 spiro atoms. The number of hydrogen-bond donors (Lipinski definition) is 1. The fraction of sp³-hybridized carbons (Fsp3) is 0.318. The molecule has 0 atom stereocenters. The molecule has 1 aromatic heterocycles. The quantitative estimate of drug-likeness (QED) is 0.445. The predicted molar refractivity (Wildman–Crippen MR) is 118 cm³/mol. The molecule has 7 heteroatoms. The van der Waals surface area contributed by atoms with Gasteiger partial charge in [-0.15, -0.1) is 0 Å². The van der Waals surface area contributed by atoms with E-state index in [1.807, 2.05) is 30.3 Å². The van der Waals surface area contributed by atoms with Crippen LogP contribution in [0.25, 0.3) is 10.9 Å². The lowest BCUT2D eigenvalue weighted by molar-refractivity contribution is -0.113. The van der Waals surface area contributed by atoms with Crippen molar-refractivity contribution in [3.63, 3.8) is 0 Å². The smallest absolute Gasteiger partial charge is 0.262 e. The van der Waals surface area contributed by atoms with Crippen molar-refractivity contribution in [2.45, 2.75) is 32.0 Å². The predicted octanol–water partition coefficient (Wildman–Crippen LogP) is 4.18. The van der Waals surface area contributed by atoms with Crippen LogP contribution >= 0.6 is 11.8 Å². The molecule has 0 saturated heterocycles. The second-order valence-electron chi connectivity index (χ2n) is 7.09. The SMILES string of the molecule is COc1ccccc1NC(=O)CSc1nc2ccccc2c(=O)n1CCC(C)C. The maximum absolute atomic E-state index is 13.0. The molecule has 3 rings (SSSR count). The van der Waals surface area contributed by atoms with Crippen molar-refractivity contribution in [1.82, 2.24) is 9.55 Å². The van der Waals surface area contributed by atoms with Crippen LogP contribution in [0.5, 0.6) is 5.75 Å². The highest BCUT2D eigenvalue weighted by atomic mass is 32.2. The Bertz CT molecular complexity index is 1060. The number of hydrogen-bond acceptors (Lipinski definition) is 5. The molecular formula is C22H25N3O3S. The highest BCUT2D eigenvalue weighted by Gasteiger charge is 2.14. The maximum atomic E-state index is 13.0. The van der Waals surface area contributed by atoms with Crippen molar-refractivity contribution < 1.29 is 9.53 Å². The van der Waals surface area contributed by atoms with E-state index in [1.54, 1.807) is 29.9 Å². The first kappa shape index (κ1) is 20.9. The molecule has 152 valence electrons. The van der Waals surface area contributed by atoms with Crippen molar-refractivity contribution in [1.29, 1.82) is 0 Å². The van der Waals surface area contributed by atoms with E-state index in [1.165, 1.54) is 11.8 Å². The molecule has 1 N–H and O–H groups in total. The normalized spacial score (nSPS) is 11.0. The van der Waals surface area contributed by atoms with Crippen LogP contribution in [0.15, 0.2) is 58.5 Å². The van der Waals surface area contributed by atoms with Gasteiger partial charge in [-0.25, -0.2) is 4.98 Å². The van der Waals surface area contributed by atoms with Crippen LogP contribution in [0.1, 0.15) is 20.3 Å². The number of nitrogens with one attached hydrogen (secondary N) is 1. The molecule has 0 aliphatic carbocycles. The fourth-order valence-electron chi connectivity index (χ4n) is 2.91. The fourth-order valence-corrected chi connectivity index (χ4v) is 3.73. The summed E-state index contributed by atoms with van der Waals surface area (Å²) in [6, 6.07) is 14.6. The second-order valence-corrected chi connectivity index (χ2v) is 8.03. The van der Waals surface area contributed by atoms with E-state index in [0.29, 0.717) is 40.0 Å². The molecule has 0 aliphatic heterocycles. The van der Waals surface area contributed by atoms with E-state index < -0.39 is 0 Å². The summed E-state index contributed by atoms with van der Waals surface area (Å²) in [4.78, 5) is 30.1. The van der Waals surface area contributed by atoms with Gasteiger partial charge in [0.05, 0.1) is 29.5 Å². The van der Waals surface area contributed by atoms with Crippen LogP contribution in [0.4, 0.5) is 5.69 Å². The third-order valence-electron chi connectivity index (χ3n) is 4.47. The minimum Gasteiger partial charge on any atom is -0.495 e. The van der Waals surface area contributed by atoms with Crippen LogP contribution in [0, 0.1) is 5.92 Å². The largest absolute Gasteiger partial charge is 0.495 e. The number of ether oxygens (including phenoxy) is 1. The summed E-state index contributed by atoms with van der Waals surface area (Å²) >= 11 is 1.27. The number of aromatic nitrogens is 2. The number of anilines is 1. The van der Waals surface area contributed by atoms with Gasteiger partial charge in [0, 0.05) is 6.54 Å². The molecule has 1 amide bonds. The van der Waals surface area contributed by atoms with E-state index >= 15 is 0 Å². The number of methoxy groups -OCH3 is 1. The number of nitrogens with zero attached hydrogens (tertiary/aromatic N) is 2. The number of amides is 1. The van der Waals surface area contributed by atoms with Gasteiger partial charge >= 0.3 is 0 Å². The number of rotatable bonds is 8. The van der Waals surface area contributed by atoms with Gasteiger partial charge in [-0.3, -0.25) is 14.2 Å². The van der Waals surface area contributed by atoms with Gasteiger partial charge in [0.1, 0.15) is 5.75 Å². The highest BCUT2D eigenvalue weighted by molar-refractivity contribution is 7.99. The van der Waals surface area contributed by atoms with Crippen molar-refractivity contribution in [2.24, 2.45) is 5.92 Å². The number of carbonyl (C=O) groups is 1. The van der Waals surface area contributed by atoms with Crippen molar-refractivity contribution >= 4 is 34.3 Å². The van der Waals surface area contributed by atoms with Crippen molar-refractivity contribution in [3.8, 4) is 5.75 Å². The molecule has 6 nitrogen and oxygen atoms in total. The number of thioether (sulfide) groups is 1. The van der Waals surface area contributed by atoms with E-state index in [2.05, 4.69) is 24.1 Å². The average molecular weight is 412 g/mol. The summed E-state index contributed by atoms with van der Waals surface area (Å²) in [6.07, 6.45) is 0.862. The highest BCUT2D eigenvalue weighted by Crippen LogP contribution is 2.24. The number of benzene rings is 2. The number of carbonyl (C=O) groups excluding carboxylic acids is 1. The van der Waals surface area contributed by atoms with Crippen LogP contribution in [0.2, 0.25) is 0 Å². The maximum Gasteiger partial charge on any atom is 0.262 e. The summed E-state index contributed by atoms with van der Waals surface area (Å²) in [5.41, 5.74) is 1.19. The Kier molecular flexibility index (Phi) is 6.93. The molecule has 0 bridgehead atoms. The molecule has 0 unspecified atom stereocenters. The van der Waals surface area contributed by atoms with Gasteiger partial charge in [0.15, 0.2) is 5.16 Å². The Morgan fingerprint density at radius 2 is 1.90 bits per heavy atom. The lowest BCUT2D eigenvalue weighted by Gasteiger charge is -2.14. The Balaban J connectivity index is 1.81. The minimum atomic E-state index is -0.183. The molecule has 3 aromatic rings. The molecule has 0 radical (unpaired) electrons. The molecule has 2 aromatic carbocycles. The van der Waals surface area contributed by atoms with Crippen LogP contribution in [-0.2, 0) is 11.3 Å². The third-order valence-corrected chi connectivity index (χ3v) is 5.45. The Morgan fingerprint density at radius 3 is 2.66 bits per heavy atom. The molecular weight excluding hydrogens is 386 g/mol. The Labute approximate surface area is 174 Å². The number of para-hydroxylation sites is 3. The average Bonchev–Trinajstić information content (AvgIpc) is 2.72. The van der Waals surface area contributed by atoms with Gasteiger partial charge in [-0.05, 0) is 36.6 Å².